The number of benzene rings is 1. The number of aromatic nitrogens is 1. The molecule has 2 heterocycles. The van der Waals surface area contributed by atoms with Crippen LogP contribution in [-0.4, -0.2) is 55.0 Å². The fraction of sp³-hybridized carbons (Fsp3) is 0.526. The van der Waals surface area contributed by atoms with Crippen LogP contribution in [0.2, 0.25) is 0 Å². The monoisotopic (exact) mass is 311 g/mol. The van der Waals surface area contributed by atoms with E-state index < -0.39 is 0 Å². The van der Waals surface area contributed by atoms with Gasteiger partial charge in [0.1, 0.15) is 0 Å². The number of aryl methyl sites for hydroxylation is 2. The van der Waals surface area contributed by atoms with Crippen LogP contribution in [0, 0.1) is 6.92 Å². The zero-order chi connectivity index (χ0) is 15.6. The van der Waals surface area contributed by atoms with Crippen LogP contribution in [0.4, 0.5) is 0 Å². The van der Waals surface area contributed by atoms with Crippen molar-refractivity contribution in [1.29, 1.82) is 0 Å². The van der Waals surface area contributed by atoms with E-state index in [0.717, 1.165) is 45.8 Å². The predicted molar refractivity (Wildman–Crippen MR) is 94.6 cm³/mol. The molecule has 1 aliphatic carbocycles. The topological polar surface area (TPSA) is 40.6 Å². The number of H-pyrrole nitrogens is 1. The maximum Gasteiger partial charge on any atom is 0.0637 e. The minimum absolute atomic E-state index is 0.863. The van der Waals surface area contributed by atoms with Crippen LogP contribution in [0.25, 0.3) is 10.9 Å². The van der Waals surface area contributed by atoms with E-state index in [-0.39, 0.29) is 0 Å². The second kappa shape index (κ2) is 6.46. The molecule has 0 bridgehead atoms. The molecule has 4 rings (SSSR count). The molecule has 2 aliphatic rings. The molecule has 1 saturated heterocycles. The molecule has 23 heavy (non-hydrogen) atoms. The average molecular weight is 311 g/mol. The summed E-state index contributed by atoms with van der Waals surface area (Å²) >= 11 is 0. The van der Waals surface area contributed by atoms with E-state index >= 15 is 0 Å². The molecule has 0 amide bonds. The first kappa shape index (κ1) is 14.9. The van der Waals surface area contributed by atoms with Gasteiger partial charge in [0.2, 0.25) is 0 Å². The number of rotatable bonds is 3. The smallest absolute Gasteiger partial charge is 0.0637 e. The SMILES string of the molecule is Cc1ccc2[nH]c3c(c2c1)CCCC3=NCCN1CCOCC1. The van der Waals surface area contributed by atoms with Crippen molar-refractivity contribution < 1.29 is 4.74 Å². The number of fused-ring (bicyclic) bond motifs is 3. The number of morpholine rings is 1. The number of nitrogens with zero attached hydrogens (tertiary/aromatic N) is 2. The molecular weight excluding hydrogens is 286 g/mol. The van der Waals surface area contributed by atoms with E-state index in [0.29, 0.717) is 0 Å². The van der Waals surface area contributed by atoms with Gasteiger partial charge in [-0.25, -0.2) is 0 Å². The van der Waals surface area contributed by atoms with Crippen LogP contribution < -0.4 is 0 Å². The van der Waals surface area contributed by atoms with E-state index in [2.05, 4.69) is 35.0 Å². The number of hydrogen-bond donors (Lipinski definition) is 1. The first-order valence-corrected chi connectivity index (χ1v) is 8.76. The molecular formula is C19H25N3O. The summed E-state index contributed by atoms with van der Waals surface area (Å²) in [7, 11) is 0. The van der Waals surface area contributed by atoms with Gasteiger partial charge >= 0.3 is 0 Å². The molecule has 0 radical (unpaired) electrons. The van der Waals surface area contributed by atoms with E-state index in [9.17, 15) is 0 Å². The first-order valence-electron chi connectivity index (χ1n) is 8.76. The highest BCUT2D eigenvalue weighted by atomic mass is 16.5. The fourth-order valence-corrected chi connectivity index (χ4v) is 3.73. The average Bonchev–Trinajstić information content (AvgIpc) is 2.95. The summed E-state index contributed by atoms with van der Waals surface area (Å²) in [5.74, 6) is 0. The van der Waals surface area contributed by atoms with Crippen molar-refractivity contribution in [2.75, 3.05) is 39.4 Å². The Balaban J connectivity index is 1.55. The molecule has 1 aliphatic heterocycles. The van der Waals surface area contributed by atoms with Gasteiger partial charge in [-0.3, -0.25) is 9.89 Å². The third-order valence-electron chi connectivity index (χ3n) is 5.01. The van der Waals surface area contributed by atoms with Crippen LogP contribution in [0.3, 0.4) is 0 Å². The maximum absolute atomic E-state index is 5.40. The summed E-state index contributed by atoms with van der Waals surface area (Å²) in [6, 6.07) is 6.69. The molecule has 0 spiro atoms. The molecule has 1 N–H and O–H groups in total. The largest absolute Gasteiger partial charge is 0.379 e. The third-order valence-corrected chi connectivity index (χ3v) is 5.01. The molecule has 122 valence electrons. The quantitative estimate of drug-likeness (QED) is 0.947. The first-order chi connectivity index (χ1) is 11.3. The van der Waals surface area contributed by atoms with Gasteiger partial charge in [-0.1, -0.05) is 11.6 Å². The Labute approximate surface area is 137 Å². The number of aromatic amines is 1. The minimum atomic E-state index is 0.863. The molecule has 1 aromatic carbocycles. The molecule has 4 nitrogen and oxygen atoms in total. The van der Waals surface area contributed by atoms with Gasteiger partial charge < -0.3 is 9.72 Å². The van der Waals surface area contributed by atoms with Gasteiger partial charge in [0.15, 0.2) is 0 Å². The summed E-state index contributed by atoms with van der Waals surface area (Å²) in [5.41, 5.74) is 6.62. The fourth-order valence-electron chi connectivity index (χ4n) is 3.73. The van der Waals surface area contributed by atoms with Gasteiger partial charge in [0.05, 0.1) is 31.2 Å². The van der Waals surface area contributed by atoms with Crippen LogP contribution >= 0.6 is 0 Å². The van der Waals surface area contributed by atoms with Crippen molar-refractivity contribution >= 4 is 16.6 Å². The lowest BCUT2D eigenvalue weighted by Crippen LogP contribution is -2.37. The Kier molecular flexibility index (Phi) is 4.19. The number of hydrogen-bond acceptors (Lipinski definition) is 3. The Morgan fingerprint density at radius 2 is 2.09 bits per heavy atom. The van der Waals surface area contributed by atoms with Gasteiger partial charge in [0, 0.05) is 30.5 Å². The van der Waals surface area contributed by atoms with Gasteiger partial charge in [-0.15, -0.1) is 0 Å². The van der Waals surface area contributed by atoms with E-state index in [1.54, 1.807) is 0 Å². The maximum atomic E-state index is 5.40. The second-order valence-corrected chi connectivity index (χ2v) is 6.66. The van der Waals surface area contributed by atoms with Crippen molar-refractivity contribution in [3.8, 4) is 0 Å². The Bertz CT molecular complexity index is 726. The zero-order valence-electron chi connectivity index (χ0n) is 13.9. The number of nitrogens with one attached hydrogen (secondary N) is 1. The predicted octanol–water partition coefficient (Wildman–Crippen LogP) is 2.93. The van der Waals surface area contributed by atoms with Crippen LogP contribution in [-0.2, 0) is 11.2 Å². The standard InChI is InChI=1S/C19H25N3O/c1-14-5-6-17-16(13-14)15-3-2-4-18(19(15)21-17)20-7-8-22-9-11-23-12-10-22/h5-6,13,21H,2-4,7-12H2,1H3. The lowest BCUT2D eigenvalue weighted by atomic mass is 9.93. The van der Waals surface area contributed by atoms with Crippen LogP contribution in [0.15, 0.2) is 23.2 Å². The van der Waals surface area contributed by atoms with Crippen LogP contribution in [0.1, 0.15) is 29.7 Å². The molecule has 0 saturated carbocycles. The van der Waals surface area contributed by atoms with Crippen molar-refractivity contribution in [2.45, 2.75) is 26.2 Å². The van der Waals surface area contributed by atoms with Crippen LogP contribution in [0.5, 0.6) is 0 Å². The zero-order valence-corrected chi connectivity index (χ0v) is 13.9. The third kappa shape index (κ3) is 3.06. The highest BCUT2D eigenvalue weighted by Gasteiger charge is 2.20. The summed E-state index contributed by atoms with van der Waals surface area (Å²) < 4.78 is 5.40. The van der Waals surface area contributed by atoms with Crippen molar-refractivity contribution in [3.05, 3.63) is 35.0 Å². The number of ether oxygens (including phenoxy) is 1. The molecule has 2 aromatic rings. The lowest BCUT2D eigenvalue weighted by Gasteiger charge is -2.26. The van der Waals surface area contributed by atoms with E-state index in [1.807, 2.05) is 0 Å². The molecule has 1 aromatic heterocycles. The molecule has 4 heteroatoms. The summed E-state index contributed by atoms with van der Waals surface area (Å²) in [6.45, 7) is 7.91. The highest BCUT2D eigenvalue weighted by molar-refractivity contribution is 6.06. The highest BCUT2D eigenvalue weighted by Crippen LogP contribution is 2.30. The van der Waals surface area contributed by atoms with Gasteiger partial charge in [-0.05, 0) is 43.9 Å². The summed E-state index contributed by atoms with van der Waals surface area (Å²) in [4.78, 5) is 11.0. The Hall–Kier alpha value is -1.65. The van der Waals surface area contributed by atoms with E-state index in [4.69, 9.17) is 9.73 Å². The normalized spacial score (nSPS) is 21.0. The Morgan fingerprint density at radius 3 is 2.96 bits per heavy atom. The van der Waals surface area contributed by atoms with Gasteiger partial charge in [0.25, 0.3) is 0 Å². The molecule has 0 atom stereocenters. The molecule has 0 unspecified atom stereocenters. The van der Waals surface area contributed by atoms with Gasteiger partial charge in [-0.2, -0.15) is 0 Å². The minimum Gasteiger partial charge on any atom is -0.379 e. The summed E-state index contributed by atoms with van der Waals surface area (Å²) in [5, 5.41) is 1.39. The van der Waals surface area contributed by atoms with Crippen molar-refractivity contribution in [1.82, 2.24) is 9.88 Å². The van der Waals surface area contributed by atoms with Crippen molar-refractivity contribution in [2.24, 2.45) is 4.99 Å². The van der Waals surface area contributed by atoms with E-state index in [1.165, 1.54) is 46.3 Å². The Morgan fingerprint density at radius 1 is 1.22 bits per heavy atom. The lowest BCUT2D eigenvalue weighted by molar-refractivity contribution is 0.0394. The number of aliphatic imine (C=N–C) groups is 1. The van der Waals surface area contributed by atoms with Crippen molar-refractivity contribution in [3.63, 3.8) is 0 Å². The summed E-state index contributed by atoms with van der Waals surface area (Å²) in [6.07, 6.45) is 3.48. The second-order valence-electron chi connectivity index (χ2n) is 6.66. The molecule has 1 fully saturated rings.